The van der Waals surface area contributed by atoms with Gasteiger partial charge in [0, 0.05) is 44.3 Å². The van der Waals surface area contributed by atoms with Crippen molar-refractivity contribution in [2.24, 2.45) is 0 Å². The topological polar surface area (TPSA) is 13.1 Å². The molecule has 10 aromatic rings. The summed E-state index contributed by atoms with van der Waals surface area (Å²) in [6.07, 6.45) is 0. The highest BCUT2D eigenvalue weighted by molar-refractivity contribution is 6.11. The molecule has 55 heavy (non-hydrogen) atoms. The van der Waals surface area contributed by atoms with Crippen LogP contribution in [0.1, 0.15) is 26.3 Å². The molecule has 3 heteroatoms. The Kier molecular flexibility index (Phi) is 7.71. The lowest BCUT2D eigenvalue weighted by molar-refractivity contribution is 0.587. The quantitative estimate of drug-likeness (QED) is 0.168. The minimum atomic E-state index is -0.119. The van der Waals surface area contributed by atoms with Gasteiger partial charge in [-0.25, -0.2) is 0 Å². The van der Waals surface area contributed by atoms with Gasteiger partial charge in [-0.1, -0.05) is 130 Å². The molecule has 0 atom stereocenters. The second-order valence-electron chi connectivity index (χ2n) is 15.5. The van der Waals surface area contributed by atoms with E-state index in [2.05, 4.69) is 229 Å². The van der Waals surface area contributed by atoms with E-state index in [-0.39, 0.29) is 5.41 Å². The number of benzene rings is 8. The molecular formula is C52H41N3. The summed E-state index contributed by atoms with van der Waals surface area (Å²) in [6.45, 7) is 6.96. The summed E-state index contributed by atoms with van der Waals surface area (Å²) < 4.78 is 4.82. The molecule has 0 radical (unpaired) electrons. The molecule has 0 unspecified atom stereocenters. The molecule has 3 nitrogen and oxygen atoms in total. The van der Waals surface area contributed by atoms with Crippen LogP contribution in [0.3, 0.4) is 0 Å². The Morgan fingerprint density at radius 3 is 1.45 bits per heavy atom. The third-order valence-corrected chi connectivity index (χ3v) is 11.0. The predicted molar refractivity (Wildman–Crippen MR) is 234 cm³/mol. The molecule has 2 aromatic heterocycles. The van der Waals surface area contributed by atoms with Crippen LogP contribution in [-0.4, -0.2) is 9.13 Å². The first-order valence-corrected chi connectivity index (χ1v) is 19.1. The Balaban J connectivity index is 1.09. The lowest BCUT2D eigenvalue weighted by Gasteiger charge is -2.30. The third kappa shape index (κ3) is 5.51. The summed E-state index contributed by atoms with van der Waals surface area (Å²) in [5.41, 5.74) is 14.2. The van der Waals surface area contributed by atoms with Gasteiger partial charge in [-0.15, -0.1) is 0 Å². The van der Waals surface area contributed by atoms with Gasteiger partial charge < -0.3 is 14.0 Å². The van der Waals surface area contributed by atoms with E-state index in [1.807, 2.05) is 0 Å². The van der Waals surface area contributed by atoms with Crippen molar-refractivity contribution in [1.82, 2.24) is 9.13 Å². The summed E-state index contributed by atoms with van der Waals surface area (Å²) in [4.78, 5) is 2.38. The van der Waals surface area contributed by atoms with Crippen LogP contribution in [0, 0.1) is 0 Å². The van der Waals surface area contributed by atoms with Gasteiger partial charge in [-0.2, -0.15) is 0 Å². The molecule has 8 aromatic carbocycles. The molecule has 0 fully saturated rings. The zero-order valence-electron chi connectivity index (χ0n) is 31.3. The summed E-state index contributed by atoms with van der Waals surface area (Å²) in [6, 6.07) is 70.5. The predicted octanol–water partition coefficient (Wildman–Crippen LogP) is 14.3. The van der Waals surface area contributed by atoms with Crippen molar-refractivity contribution in [3.05, 3.63) is 200 Å². The fourth-order valence-corrected chi connectivity index (χ4v) is 8.48. The van der Waals surface area contributed by atoms with Crippen LogP contribution in [0.4, 0.5) is 17.1 Å². The molecule has 0 amide bonds. The van der Waals surface area contributed by atoms with Crippen LogP contribution < -0.4 is 4.90 Å². The van der Waals surface area contributed by atoms with Crippen LogP contribution in [0.2, 0.25) is 0 Å². The van der Waals surface area contributed by atoms with Crippen molar-refractivity contribution in [3.8, 4) is 22.5 Å². The van der Waals surface area contributed by atoms with Crippen molar-refractivity contribution in [3.63, 3.8) is 0 Å². The van der Waals surface area contributed by atoms with Gasteiger partial charge in [0.25, 0.3) is 0 Å². The molecule has 0 aliphatic carbocycles. The summed E-state index contributed by atoms with van der Waals surface area (Å²) in [7, 11) is 0. The number of nitrogens with zero attached hydrogens (tertiary/aromatic N) is 3. The standard InChI is InChI=1S/C52H41N3/c1-52(2,3)46-35-41(31-33-51(46)55-48-24-14-10-20-42(48)43-21-11-15-25-49(43)55)53(38-16-6-4-7-17-38)40-29-26-36(27-30-40)37-28-32-50-45(34-37)44-22-12-13-23-47(44)54(50)39-18-8-5-9-19-39/h4-35H,1-3H3. The number of aromatic nitrogens is 2. The van der Waals surface area contributed by atoms with Crippen molar-refractivity contribution in [2.75, 3.05) is 4.90 Å². The molecular weight excluding hydrogens is 667 g/mol. The van der Waals surface area contributed by atoms with E-state index in [0.29, 0.717) is 0 Å². The fourth-order valence-electron chi connectivity index (χ4n) is 8.48. The van der Waals surface area contributed by atoms with E-state index in [9.17, 15) is 0 Å². The van der Waals surface area contributed by atoms with E-state index in [1.165, 1.54) is 71.7 Å². The number of para-hydroxylation sites is 5. The first-order chi connectivity index (χ1) is 26.9. The summed E-state index contributed by atoms with van der Waals surface area (Å²) in [5.74, 6) is 0. The molecule has 0 N–H and O–H groups in total. The molecule has 0 aliphatic rings. The average molecular weight is 708 g/mol. The largest absolute Gasteiger partial charge is 0.310 e. The van der Waals surface area contributed by atoms with E-state index in [1.54, 1.807) is 0 Å². The Bertz CT molecular complexity index is 2940. The molecule has 10 rings (SSSR count). The van der Waals surface area contributed by atoms with E-state index >= 15 is 0 Å². The molecule has 0 saturated carbocycles. The molecule has 264 valence electrons. The van der Waals surface area contributed by atoms with Gasteiger partial charge in [0.1, 0.15) is 0 Å². The lowest BCUT2D eigenvalue weighted by Crippen LogP contribution is -2.17. The van der Waals surface area contributed by atoms with Crippen molar-refractivity contribution >= 4 is 60.7 Å². The number of anilines is 3. The second-order valence-corrected chi connectivity index (χ2v) is 15.5. The highest BCUT2D eigenvalue weighted by Crippen LogP contribution is 2.42. The first kappa shape index (κ1) is 32.8. The van der Waals surface area contributed by atoms with Gasteiger partial charge >= 0.3 is 0 Å². The molecule has 0 bridgehead atoms. The molecule has 2 heterocycles. The fraction of sp³-hybridized carbons (Fsp3) is 0.0769. The zero-order chi connectivity index (χ0) is 37.1. The molecule has 0 saturated heterocycles. The molecule has 0 aliphatic heterocycles. The highest BCUT2D eigenvalue weighted by Gasteiger charge is 2.24. The second kappa shape index (κ2) is 12.9. The average Bonchev–Trinajstić information content (AvgIpc) is 3.74. The Hall–Kier alpha value is -6.84. The zero-order valence-corrected chi connectivity index (χ0v) is 31.3. The van der Waals surface area contributed by atoms with Crippen LogP contribution in [0.15, 0.2) is 194 Å². The monoisotopic (exact) mass is 707 g/mol. The van der Waals surface area contributed by atoms with Crippen molar-refractivity contribution < 1.29 is 0 Å². The Morgan fingerprint density at radius 2 is 0.836 bits per heavy atom. The smallest absolute Gasteiger partial charge is 0.0541 e. The summed E-state index contributed by atoms with van der Waals surface area (Å²) in [5, 5.41) is 5.06. The number of hydrogen-bond acceptors (Lipinski definition) is 1. The van der Waals surface area contributed by atoms with Crippen LogP contribution in [-0.2, 0) is 5.41 Å². The van der Waals surface area contributed by atoms with Crippen molar-refractivity contribution in [2.45, 2.75) is 26.2 Å². The third-order valence-electron chi connectivity index (χ3n) is 11.0. The van der Waals surface area contributed by atoms with Crippen LogP contribution >= 0.6 is 0 Å². The Morgan fingerprint density at radius 1 is 0.364 bits per heavy atom. The van der Waals surface area contributed by atoms with Crippen LogP contribution in [0.25, 0.3) is 66.1 Å². The van der Waals surface area contributed by atoms with Gasteiger partial charge in [-0.3, -0.25) is 0 Å². The van der Waals surface area contributed by atoms with E-state index < -0.39 is 0 Å². The minimum Gasteiger partial charge on any atom is -0.310 e. The van der Waals surface area contributed by atoms with Gasteiger partial charge in [0.2, 0.25) is 0 Å². The lowest BCUT2D eigenvalue weighted by atomic mass is 9.85. The number of rotatable bonds is 6. The maximum atomic E-state index is 2.45. The first-order valence-electron chi connectivity index (χ1n) is 19.1. The molecule has 0 spiro atoms. The van der Waals surface area contributed by atoms with Gasteiger partial charge in [0.15, 0.2) is 0 Å². The Labute approximate surface area is 322 Å². The number of hydrogen-bond donors (Lipinski definition) is 0. The minimum absolute atomic E-state index is 0.119. The van der Waals surface area contributed by atoms with Gasteiger partial charge in [0.05, 0.1) is 27.8 Å². The maximum Gasteiger partial charge on any atom is 0.0541 e. The normalized spacial score (nSPS) is 11.9. The van der Waals surface area contributed by atoms with Gasteiger partial charge in [-0.05, 0) is 107 Å². The maximum absolute atomic E-state index is 2.45. The SMILES string of the molecule is CC(C)(C)c1cc(N(c2ccccc2)c2ccc(-c3ccc4c(c3)c3ccccc3n4-c3ccccc3)cc2)ccc1-n1c2ccccc2c2ccccc21. The van der Waals surface area contributed by atoms with E-state index in [0.717, 1.165) is 17.1 Å². The summed E-state index contributed by atoms with van der Waals surface area (Å²) >= 11 is 0. The van der Waals surface area contributed by atoms with Crippen molar-refractivity contribution in [1.29, 1.82) is 0 Å². The van der Waals surface area contributed by atoms with E-state index in [4.69, 9.17) is 0 Å². The van der Waals surface area contributed by atoms with Crippen LogP contribution in [0.5, 0.6) is 0 Å². The highest BCUT2D eigenvalue weighted by atomic mass is 15.1. The number of fused-ring (bicyclic) bond motifs is 6.